The number of hydrogen-bond acceptors (Lipinski definition) is 11. The maximum Gasteiger partial charge on any atom is 0.364 e. The second-order valence-corrected chi connectivity index (χ2v) is 8.44. The first-order valence-corrected chi connectivity index (χ1v) is 12.0. The zero-order valence-electron chi connectivity index (χ0n) is 20.4. The third kappa shape index (κ3) is 5.83. The smallest absolute Gasteiger partial charge is 0.364 e. The third-order valence-corrected chi connectivity index (χ3v) is 5.65. The van der Waals surface area contributed by atoms with Crippen molar-refractivity contribution in [3.8, 4) is 17.1 Å². The summed E-state index contributed by atoms with van der Waals surface area (Å²) in [4.78, 5) is 54.4. The van der Waals surface area contributed by atoms with Crippen molar-refractivity contribution in [1.82, 2.24) is 19.9 Å². The largest absolute Gasteiger partial charge is 0.461 e. The molecule has 1 aliphatic heterocycles. The Morgan fingerprint density at radius 2 is 2.06 bits per heavy atom. The molecule has 0 saturated heterocycles. The number of benzene rings is 1. The summed E-state index contributed by atoms with van der Waals surface area (Å²) < 4.78 is 11.0. The quantitative estimate of drug-likeness (QED) is 0.281. The number of aliphatic imine (C=N–C) groups is 1. The molecule has 1 N–H and O–H groups in total. The molecule has 0 fully saturated rings. The molecule has 0 aliphatic carbocycles. The van der Waals surface area contributed by atoms with E-state index in [0.717, 1.165) is 5.06 Å². The van der Waals surface area contributed by atoms with Crippen molar-refractivity contribution >= 4 is 29.4 Å². The van der Waals surface area contributed by atoms with E-state index >= 15 is 0 Å². The number of H-pyrrole nitrogens is 1. The summed E-state index contributed by atoms with van der Waals surface area (Å²) in [5.41, 5.74) is -0.898. The summed E-state index contributed by atoms with van der Waals surface area (Å²) in [5, 5.41) is 13.2. The van der Waals surface area contributed by atoms with Gasteiger partial charge in [0.25, 0.3) is 0 Å². The molecule has 3 rings (SSSR count). The maximum atomic E-state index is 12.5. The monoisotopic (exact) mass is 518 g/mol. The number of rotatable bonds is 10. The lowest BCUT2D eigenvalue weighted by Gasteiger charge is -2.31. The zero-order chi connectivity index (χ0) is 26.4. The van der Waals surface area contributed by atoms with Crippen LogP contribution in [0.2, 0.25) is 0 Å². The molecular weight excluding hydrogens is 492 g/mol. The average Bonchev–Trinajstić information content (AvgIpc) is 3.38. The van der Waals surface area contributed by atoms with Crippen LogP contribution in [0.4, 0.5) is 0 Å². The van der Waals surface area contributed by atoms with Crippen LogP contribution in [0.3, 0.4) is 0 Å². The van der Waals surface area contributed by atoms with E-state index in [-0.39, 0.29) is 30.6 Å². The molecule has 0 saturated carbocycles. The topological polar surface area (TPSA) is 152 Å². The van der Waals surface area contributed by atoms with Crippen LogP contribution in [0, 0.1) is 10.1 Å². The third-order valence-electron chi connectivity index (χ3n) is 4.93. The summed E-state index contributed by atoms with van der Waals surface area (Å²) in [6, 6.07) is 4.95. The van der Waals surface area contributed by atoms with Gasteiger partial charge in [0.2, 0.25) is 11.6 Å². The van der Waals surface area contributed by atoms with E-state index in [0.29, 0.717) is 17.0 Å². The number of esters is 1. The molecule has 0 radical (unpaired) electrons. The molecule has 1 unspecified atom stereocenters. The van der Waals surface area contributed by atoms with E-state index in [4.69, 9.17) is 14.3 Å². The highest BCUT2D eigenvalue weighted by Crippen LogP contribution is 2.32. The van der Waals surface area contributed by atoms with Crippen molar-refractivity contribution in [2.24, 2.45) is 4.99 Å². The zero-order valence-corrected chi connectivity index (χ0v) is 21.2. The normalized spacial score (nSPS) is 15.4. The molecule has 0 bridgehead atoms. The number of nitrogens with one attached hydrogen (secondary N) is 1. The van der Waals surface area contributed by atoms with Gasteiger partial charge in [-0.2, -0.15) is 5.06 Å². The summed E-state index contributed by atoms with van der Waals surface area (Å²) in [6.07, 6.45) is 4.95. The number of imidazole rings is 1. The molecule has 13 nitrogen and oxygen atoms in total. The van der Waals surface area contributed by atoms with Gasteiger partial charge in [0.15, 0.2) is 5.50 Å². The predicted octanol–water partition coefficient (Wildman–Crippen LogP) is 2.06. The first-order valence-electron chi connectivity index (χ1n) is 10.7. The fraction of sp³-hybridized carbons (Fsp3) is 0.364. The summed E-state index contributed by atoms with van der Waals surface area (Å²) in [7, 11) is 4.58. The van der Waals surface area contributed by atoms with Gasteiger partial charge < -0.3 is 19.4 Å². The molecular formula is C22H26N6O7S. The number of thioether (sulfide) groups is 1. The van der Waals surface area contributed by atoms with Gasteiger partial charge in [-0.3, -0.25) is 19.7 Å². The number of aromatic nitrogens is 2. The molecule has 2 aromatic rings. The van der Waals surface area contributed by atoms with Crippen molar-refractivity contribution < 1.29 is 28.8 Å². The fourth-order valence-corrected chi connectivity index (χ4v) is 3.87. The van der Waals surface area contributed by atoms with Crippen molar-refractivity contribution in [3.05, 3.63) is 57.9 Å². The van der Waals surface area contributed by atoms with Crippen molar-refractivity contribution in [2.75, 3.05) is 34.1 Å². The Labute approximate surface area is 211 Å². The van der Waals surface area contributed by atoms with Gasteiger partial charge in [0.05, 0.1) is 25.1 Å². The van der Waals surface area contributed by atoms with Gasteiger partial charge >= 0.3 is 17.5 Å². The second kappa shape index (κ2) is 11.7. The fourth-order valence-electron chi connectivity index (χ4n) is 3.28. The minimum absolute atomic E-state index is 0.00538. The van der Waals surface area contributed by atoms with E-state index in [1.54, 1.807) is 57.9 Å². The van der Waals surface area contributed by atoms with Gasteiger partial charge in [-0.1, -0.05) is 0 Å². The molecule has 1 aromatic carbocycles. The van der Waals surface area contributed by atoms with Gasteiger partial charge in [-0.15, -0.1) is 11.8 Å². The molecule has 1 atom stereocenters. The Morgan fingerprint density at radius 1 is 1.31 bits per heavy atom. The number of amides is 1. The second-order valence-electron chi connectivity index (χ2n) is 7.55. The Morgan fingerprint density at radius 3 is 2.61 bits per heavy atom. The Kier molecular flexibility index (Phi) is 8.66. The number of carbonyl (C=O) groups is 2. The predicted molar refractivity (Wildman–Crippen MR) is 131 cm³/mol. The molecule has 1 aromatic heterocycles. The first-order chi connectivity index (χ1) is 17.2. The number of nitro groups is 1. The Balaban J connectivity index is 2.15. The molecule has 192 valence electrons. The van der Waals surface area contributed by atoms with Crippen LogP contribution in [-0.4, -0.2) is 82.0 Å². The van der Waals surface area contributed by atoms with Gasteiger partial charge in [0, 0.05) is 32.1 Å². The van der Waals surface area contributed by atoms with Crippen LogP contribution in [-0.2, 0) is 25.6 Å². The average molecular weight is 519 g/mol. The van der Waals surface area contributed by atoms with Crippen LogP contribution >= 0.6 is 11.8 Å². The van der Waals surface area contributed by atoms with Crippen molar-refractivity contribution in [1.29, 1.82) is 0 Å². The van der Waals surface area contributed by atoms with E-state index in [2.05, 4.69) is 15.0 Å². The first kappa shape index (κ1) is 26.7. The number of aromatic amines is 1. The van der Waals surface area contributed by atoms with E-state index in [9.17, 15) is 19.7 Å². The van der Waals surface area contributed by atoms with E-state index < -0.39 is 27.8 Å². The highest BCUT2D eigenvalue weighted by Gasteiger charge is 2.44. The van der Waals surface area contributed by atoms with Crippen LogP contribution in [0.5, 0.6) is 5.75 Å². The minimum atomic E-state index is -0.957. The molecule has 2 heterocycles. The Bertz CT molecular complexity index is 1200. The number of carbonyl (C=O) groups excluding carboxylic acids is 2. The lowest BCUT2D eigenvalue weighted by atomic mass is 10.1. The summed E-state index contributed by atoms with van der Waals surface area (Å²) in [5.74, 6) is -0.807. The molecule has 1 amide bonds. The summed E-state index contributed by atoms with van der Waals surface area (Å²) in [6.45, 7) is 1.59. The van der Waals surface area contributed by atoms with Crippen molar-refractivity contribution in [3.63, 3.8) is 0 Å². The van der Waals surface area contributed by atoms with Gasteiger partial charge in [-0.25, -0.2) is 14.8 Å². The van der Waals surface area contributed by atoms with Crippen LogP contribution in [0.15, 0.2) is 47.2 Å². The lowest BCUT2D eigenvalue weighted by molar-refractivity contribution is -0.421. The SMILES string of the molecule is CCOC(=O)C1=NC(SC)N(OC)C(Oc2cc(CC(=O)N(C)C)cc(-c3ncc[nH]3)c2)=C1[N+](=O)[O-]. The van der Waals surface area contributed by atoms with Crippen LogP contribution in [0.1, 0.15) is 12.5 Å². The van der Waals surface area contributed by atoms with Crippen LogP contribution < -0.4 is 4.74 Å². The standard InChI is InChI=1S/C22H26N6O7S/c1-6-34-21(30)17-18(28(31)32)20(27(33-4)22(25-17)36-5)35-15-10-13(11-16(29)26(2)3)9-14(12-15)19-23-7-8-24-19/h7-10,12,22H,6,11H2,1-5H3,(H,23,24). The Hall–Kier alpha value is -3.91. The van der Waals surface area contributed by atoms with Gasteiger partial charge in [0.1, 0.15) is 11.6 Å². The van der Waals surface area contributed by atoms with Gasteiger partial charge in [-0.05, 0) is 36.9 Å². The minimum Gasteiger partial charge on any atom is -0.461 e. The number of likely N-dealkylation sites (N-methyl/N-ethyl adjacent to an activating group) is 1. The van der Waals surface area contributed by atoms with E-state index in [1.165, 1.54) is 23.8 Å². The van der Waals surface area contributed by atoms with Crippen molar-refractivity contribution in [2.45, 2.75) is 18.8 Å². The number of hydroxylamine groups is 2. The molecule has 0 spiro atoms. The summed E-state index contributed by atoms with van der Waals surface area (Å²) >= 11 is 1.17. The lowest BCUT2D eigenvalue weighted by Crippen LogP contribution is -2.42. The molecule has 36 heavy (non-hydrogen) atoms. The highest BCUT2D eigenvalue weighted by molar-refractivity contribution is 7.99. The van der Waals surface area contributed by atoms with E-state index in [1.807, 2.05) is 0 Å². The highest BCUT2D eigenvalue weighted by atomic mass is 32.2. The molecule has 1 aliphatic rings. The van der Waals surface area contributed by atoms with Crippen LogP contribution in [0.25, 0.3) is 11.4 Å². The maximum absolute atomic E-state index is 12.5. The molecule has 14 heteroatoms. The number of ether oxygens (including phenoxy) is 2. The number of nitrogens with zero attached hydrogens (tertiary/aromatic N) is 5. The number of hydrogen-bond donors (Lipinski definition) is 1.